The Kier molecular flexibility index (Phi) is 5.08. The summed E-state index contributed by atoms with van der Waals surface area (Å²) in [4.78, 5) is 4.09. The van der Waals surface area contributed by atoms with Crippen molar-refractivity contribution in [3.05, 3.63) is 54.4 Å². The molecule has 0 spiro atoms. The predicted molar refractivity (Wildman–Crippen MR) is 85.4 cm³/mol. The van der Waals surface area contributed by atoms with E-state index in [1.807, 2.05) is 22.9 Å². The molecule has 0 aliphatic carbocycles. The molecule has 2 aromatic rings. The topological polar surface area (TPSA) is 36.3 Å². The maximum absolute atomic E-state index is 13.0. The van der Waals surface area contributed by atoms with E-state index < -0.39 is 5.79 Å². The van der Waals surface area contributed by atoms with Crippen molar-refractivity contribution in [1.82, 2.24) is 9.55 Å². The molecule has 1 saturated heterocycles. The van der Waals surface area contributed by atoms with Crippen LogP contribution in [0.5, 0.6) is 0 Å². The molecule has 4 nitrogen and oxygen atoms in total. The average Bonchev–Trinajstić information content (AvgIpc) is 3.18. The van der Waals surface area contributed by atoms with E-state index in [0.717, 1.165) is 31.2 Å². The summed E-state index contributed by atoms with van der Waals surface area (Å²) < 4.78 is 27.4. The van der Waals surface area contributed by atoms with Gasteiger partial charge in [-0.05, 0) is 30.5 Å². The molecule has 2 atom stereocenters. The molecule has 2 unspecified atom stereocenters. The smallest absolute Gasteiger partial charge is 0.187 e. The summed E-state index contributed by atoms with van der Waals surface area (Å²) in [7, 11) is 0. The van der Waals surface area contributed by atoms with E-state index in [4.69, 9.17) is 9.47 Å². The number of imidazole rings is 1. The van der Waals surface area contributed by atoms with Crippen molar-refractivity contribution in [2.75, 3.05) is 6.61 Å². The zero-order chi connectivity index (χ0) is 16.1. The molecule has 23 heavy (non-hydrogen) atoms. The molecule has 1 aromatic heterocycles. The summed E-state index contributed by atoms with van der Waals surface area (Å²) in [6.45, 7) is 3.40. The number of aryl methyl sites for hydroxylation is 1. The van der Waals surface area contributed by atoms with E-state index in [-0.39, 0.29) is 11.9 Å². The highest BCUT2D eigenvalue weighted by molar-refractivity contribution is 5.16. The largest absolute Gasteiger partial charge is 0.345 e. The summed E-state index contributed by atoms with van der Waals surface area (Å²) in [6, 6.07) is 6.62. The van der Waals surface area contributed by atoms with Crippen molar-refractivity contribution in [2.45, 2.75) is 51.0 Å². The zero-order valence-electron chi connectivity index (χ0n) is 13.5. The summed E-state index contributed by atoms with van der Waals surface area (Å²) >= 11 is 0. The monoisotopic (exact) mass is 318 g/mol. The van der Waals surface area contributed by atoms with Crippen LogP contribution in [0.3, 0.4) is 0 Å². The van der Waals surface area contributed by atoms with Crippen molar-refractivity contribution < 1.29 is 13.9 Å². The molecule has 0 bridgehead atoms. The minimum absolute atomic E-state index is 0.150. The van der Waals surface area contributed by atoms with Crippen LogP contribution in [-0.2, 0) is 22.4 Å². The lowest BCUT2D eigenvalue weighted by atomic mass is 10.0. The summed E-state index contributed by atoms with van der Waals surface area (Å²) in [5, 5.41) is 0. The van der Waals surface area contributed by atoms with Crippen LogP contribution in [0.1, 0.15) is 31.7 Å². The molecule has 124 valence electrons. The third-order valence-electron chi connectivity index (χ3n) is 4.21. The Labute approximate surface area is 136 Å². The molecule has 0 radical (unpaired) electrons. The number of aromatic nitrogens is 2. The van der Waals surface area contributed by atoms with Crippen LogP contribution >= 0.6 is 0 Å². The molecule has 5 heteroatoms. The summed E-state index contributed by atoms with van der Waals surface area (Å²) in [5.74, 6) is -0.840. The van der Waals surface area contributed by atoms with Gasteiger partial charge in [0.15, 0.2) is 5.79 Å². The molecule has 0 amide bonds. The average molecular weight is 318 g/mol. The molecule has 2 heterocycles. The fraction of sp³-hybridized carbons (Fsp3) is 0.500. The van der Waals surface area contributed by atoms with Gasteiger partial charge in [0.05, 0.1) is 25.6 Å². The van der Waals surface area contributed by atoms with Gasteiger partial charge in [-0.25, -0.2) is 9.37 Å². The van der Waals surface area contributed by atoms with Crippen molar-refractivity contribution in [2.24, 2.45) is 0 Å². The standard InChI is InChI=1S/C18H23FN2O2/c1-2-3-17-12-22-18(23-17,13-21-11-10-20-14-21)9-8-15-4-6-16(19)7-5-15/h4-7,10-11,14,17H,2-3,8-9,12-13H2,1H3. The van der Waals surface area contributed by atoms with E-state index >= 15 is 0 Å². The molecule has 0 saturated carbocycles. The second-order valence-electron chi connectivity index (χ2n) is 6.11. The normalized spacial score (nSPS) is 24.2. The molecule has 1 fully saturated rings. The molecular formula is C18H23FN2O2. The van der Waals surface area contributed by atoms with Crippen molar-refractivity contribution >= 4 is 0 Å². The number of hydrogen-bond acceptors (Lipinski definition) is 3. The van der Waals surface area contributed by atoms with E-state index in [1.54, 1.807) is 12.5 Å². The maximum atomic E-state index is 13.0. The predicted octanol–water partition coefficient (Wildman–Crippen LogP) is 3.57. The van der Waals surface area contributed by atoms with Crippen molar-refractivity contribution in [3.8, 4) is 0 Å². The lowest BCUT2D eigenvalue weighted by molar-refractivity contribution is -0.182. The number of nitrogens with zero attached hydrogens (tertiary/aromatic N) is 2. The fourth-order valence-corrected chi connectivity index (χ4v) is 3.02. The minimum atomic E-state index is -0.630. The highest BCUT2D eigenvalue weighted by atomic mass is 19.1. The number of benzene rings is 1. The van der Waals surface area contributed by atoms with Crippen LogP contribution in [0, 0.1) is 5.82 Å². The van der Waals surface area contributed by atoms with E-state index in [9.17, 15) is 4.39 Å². The Morgan fingerprint density at radius 2 is 2.17 bits per heavy atom. The first kappa shape index (κ1) is 16.1. The van der Waals surface area contributed by atoms with Gasteiger partial charge in [-0.3, -0.25) is 0 Å². The van der Waals surface area contributed by atoms with Gasteiger partial charge in [0, 0.05) is 18.8 Å². The minimum Gasteiger partial charge on any atom is -0.345 e. The number of hydrogen-bond donors (Lipinski definition) is 0. The first-order chi connectivity index (χ1) is 11.2. The first-order valence-electron chi connectivity index (χ1n) is 8.21. The zero-order valence-corrected chi connectivity index (χ0v) is 13.5. The Morgan fingerprint density at radius 3 is 2.87 bits per heavy atom. The third-order valence-corrected chi connectivity index (χ3v) is 4.21. The van der Waals surface area contributed by atoms with Crippen LogP contribution in [0.15, 0.2) is 43.0 Å². The fourth-order valence-electron chi connectivity index (χ4n) is 3.02. The Hall–Kier alpha value is -1.72. The Balaban J connectivity index is 1.69. The van der Waals surface area contributed by atoms with Crippen LogP contribution in [-0.4, -0.2) is 28.0 Å². The van der Waals surface area contributed by atoms with Gasteiger partial charge in [-0.2, -0.15) is 0 Å². The second-order valence-corrected chi connectivity index (χ2v) is 6.11. The summed E-state index contributed by atoms with van der Waals surface area (Å²) in [5.41, 5.74) is 1.09. The molecular weight excluding hydrogens is 295 g/mol. The van der Waals surface area contributed by atoms with E-state index in [2.05, 4.69) is 11.9 Å². The van der Waals surface area contributed by atoms with Crippen molar-refractivity contribution in [1.29, 1.82) is 0 Å². The van der Waals surface area contributed by atoms with Gasteiger partial charge in [-0.1, -0.05) is 25.5 Å². The van der Waals surface area contributed by atoms with Gasteiger partial charge in [0.25, 0.3) is 0 Å². The lowest BCUT2D eigenvalue weighted by Crippen LogP contribution is -2.36. The first-order valence-corrected chi connectivity index (χ1v) is 8.21. The van der Waals surface area contributed by atoms with E-state index in [0.29, 0.717) is 13.2 Å². The van der Waals surface area contributed by atoms with Gasteiger partial charge in [0.2, 0.25) is 0 Å². The van der Waals surface area contributed by atoms with Crippen molar-refractivity contribution in [3.63, 3.8) is 0 Å². The van der Waals surface area contributed by atoms with Crippen LogP contribution < -0.4 is 0 Å². The molecule has 1 aliphatic heterocycles. The number of halogens is 1. The van der Waals surface area contributed by atoms with Gasteiger partial charge in [-0.15, -0.1) is 0 Å². The Bertz CT molecular complexity index is 600. The van der Waals surface area contributed by atoms with Gasteiger partial charge < -0.3 is 14.0 Å². The molecule has 1 aliphatic rings. The molecule has 3 rings (SSSR count). The van der Waals surface area contributed by atoms with Crippen LogP contribution in [0.25, 0.3) is 0 Å². The van der Waals surface area contributed by atoms with E-state index in [1.165, 1.54) is 12.1 Å². The quantitative estimate of drug-likeness (QED) is 0.783. The third kappa shape index (κ3) is 4.18. The Morgan fingerprint density at radius 1 is 1.35 bits per heavy atom. The van der Waals surface area contributed by atoms with Gasteiger partial charge in [0.1, 0.15) is 5.82 Å². The SMILES string of the molecule is CCCC1COC(CCc2ccc(F)cc2)(Cn2ccnc2)O1. The maximum Gasteiger partial charge on any atom is 0.187 e. The van der Waals surface area contributed by atoms with Crippen LogP contribution in [0.4, 0.5) is 4.39 Å². The lowest BCUT2D eigenvalue weighted by Gasteiger charge is -2.28. The molecule has 1 aromatic carbocycles. The van der Waals surface area contributed by atoms with Crippen LogP contribution in [0.2, 0.25) is 0 Å². The number of rotatable bonds is 7. The summed E-state index contributed by atoms with van der Waals surface area (Å²) in [6.07, 6.45) is 9.20. The second kappa shape index (κ2) is 7.23. The number of ether oxygens (including phenoxy) is 2. The highest BCUT2D eigenvalue weighted by Gasteiger charge is 2.41. The molecule has 0 N–H and O–H groups in total. The van der Waals surface area contributed by atoms with Gasteiger partial charge >= 0.3 is 0 Å². The highest BCUT2D eigenvalue weighted by Crippen LogP contribution is 2.32.